The molecule has 0 saturated carbocycles. The lowest BCUT2D eigenvalue weighted by Crippen LogP contribution is -2.53. The number of likely N-dealkylation sites (N-methyl/N-ethyl adjacent to an activating group) is 1. The number of piperidine rings is 1. The third-order valence-corrected chi connectivity index (χ3v) is 4.77. The lowest BCUT2D eigenvalue weighted by atomic mass is 9.76. The molecule has 2 aliphatic heterocycles. The van der Waals surface area contributed by atoms with Crippen molar-refractivity contribution in [1.29, 1.82) is 0 Å². The van der Waals surface area contributed by atoms with E-state index >= 15 is 0 Å². The Balaban J connectivity index is 2.16. The molecule has 2 saturated heterocycles. The van der Waals surface area contributed by atoms with Gasteiger partial charge in [0.15, 0.2) is 0 Å². The summed E-state index contributed by atoms with van der Waals surface area (Å²) in [4.78, 5) is 39.1. The molecule has 0 bridgehead atoms. The number of carboxylic acid groups (broad SMARTS) is 1. The predicted octanol–water partition coefficient (Wildman–Crippen LogP) is 1.10. The van der Waals surface area contributed by atoms with Gasteiger partial charge in [-0.25, -0.2) is 0 Å². The highest BCUT2D eigenvalue weighted by Crippen LogP contribution is 2.37. The minimum atomic E-state index is -0.779. The lowest BCUT2D eigenvalue weighted by Gasteiger charge is -2.41. The van der Waals surface area contributed by atoms with Crippen LogP contribution < -0.4 is 0 Å². The van der Waals surface area contributed by atoms with Gasteiger partial charge in [-0.1, -0.05) is 13.3 Å². The van der Waals surface area contributed by atoms with E-state index in [1.807, 2.05) is 11.8 Å². The minimum absolute atomic E-state index is 0.144. The summed E-state index contributed by atoms with van der Waals surface area (Å²) in [6.45, 7) is 5.22. The highest BCUT2D eigenvalue weighted by Gasteiger charge is 2.47. The maximum atomic E-state index is 12.3. The van der Waals surface area contributed by atoms with Gasteiger partial charge < -0.3 is 5.11 Å². The van der Waals surface area contributed by atoms with Crippen LogP contribution in [0.4, 0.5) is 0 Å². The van der Waals surface area contributed by atoms with E-state index in [2.05, 4.69) is 0 Å². The molecule has 0 radical (unpaired) electrons. The molecule has 0 aromatic carbocycles. The summed E-state index contributed by atoms with van der Waals surface area (Å²) in [5.41, 5.74) is -0.768. The van der Waals surface area contributed by atoms with Crippen LogP contribution in [0.2, 0.25) is 0 Å². The topological polar surface area (TPSA) is 77.9 Å². The van der Waals surface area contributed by atoms with E-state index in [1.54, 1.807) is 6.92 Å². The first-order chi connectivity index (χ1) is 9.95. The number of imide groups is 1. The zero-order valence-electron chi connectivity index (χ0n) is 12.8. The van der Waals surface area contributed by atoms with Crippen molar-refractivity contribution in [1.82, 2.24) is 9.80 Å². The van der Waals surface area contributed by atoms with Gasteiger partial charge >= 0.3 is 5.97 Å². The average molecular weight is 296 g/mol. The second kappa shape index (κ2) is 6.13. The quantitative estimate of drug-likeness (QED) is 0.769. The Bertz CT molecular complexity index is 447. The van der Waals surface area contributed by atoms with Crippen molar-refractivity contribution in [2.75, 3.05) is 19.6 Å². The van der Waals surface area contributed by atoms with Gasteiger partial charge in [0.25, 0.3) is 0 Å². The Morgan fingerprint density at radius 1 is 1.38 bits per heavy atom. The second-order valence-electron chi connectivity index (χ2n) is 6.11. The van der Waals surface area contributed by atoms with Crippen LogP contribution in [-0.4, -0.2) is 58.4 Å². The van der Waals surface area contributed by atoms with E-state index in [0.717, 1.165) is 12.8 Å². The normalized spacial score (nSPS) is 31.0. The van der Waals surface area contributed by atoms with Crippen LogP contribution in [0.1, 0.15) is 46.0 Å². The number of carboxylic acids is 1. The molecule has 0 spiro atoms. The molecule has 6 heteroatoms. The third kappa shape index (κ3) is 2.81. The van der Waals surface area contributed by atoms with Crippen molar-refractivity contribution in [3.63, 3.8) is 0 Å². The predicted molar refractivity (Wildman–Crippen MR) is 76.6 cm³/mol. The molecule has 2 fully saturated rings. The van der Waals surface area contributed by atoms with Gasteiger partial charge in [0.1, 0.15) is 0 Å². The van der Waals surface area contributed by atoms with Crippen LogP contribution in [0.3, 0.4) is 0 Å². The van der Waals surface area contributed by atoms with Gasteiger partial charge in [0.05, 0.1) is 17.9 Å². The smallest absolute Gasteiger partial charge is 0.310 e. The molecule has 6 nitrogen and oxygen atoms in total. The molecule has 2 rings (SSSR count). The van der Waals surface area contributed by atoms with Gasteiger partial charge in [-0.3, -0.25) is 24.2 Å². The fourth-order valence-electron chi connectivity index (χ4n) is 3.68. The van der Waals surface area contributed by atoms with Crippen LogP contribution in [-0.2, 0) is 14.4 Å². The number of rotatable bonds is 5. The van der Waals surface area contributed by atoms with Crippen molar-refractivity contribution < 1.29 is 19.5 Å². The largest absolute Gasteiger partial charge is 0.481 e. The Labute approximate surface area is 125 Å². The van der Waals surface area contributed by atoms with E-state index < -0.39 is 17.4 Å². The van der Waals surface area contributed by atoms with Crippen molar-refractivity contribution in [3.8, 4) is 0 Å². The number of hydrogen-bond donors (Lipinski definition) is 1. The van der Waals surface area contributed by atoms with Crippen LogP contribution in [0.5, 0.6) is 0 Å². The van der Waals surface area contributed by atoms with Crippen LogP contribution >= 0.6 is 0 Å². The number of amides is 2. The molecule has 2 heterocycles. The maximum Gasteiger partial charge on any atom is 0.310 e. The summed E-state index contributed by atoms with van der Waals surface area (Å²) < 4.78 is 0. The number of aliphatic carboxylic acids is 1. The van der Waals surface area contributed by atoms with E-state index in [4.69, 9.17) is 0 Å². The summed E-state index contributed by atoms with van der Waals surface area (Å²) >= 11 is 0. The Morgan fingerprint density at radius 2 is 2.10 bits per heavy atom. The van der Waals surface area contributed by atoms with Gasteiger partial charge in [-0.15, -0.1) is 0 Å². The van der Waals surface area contributed by atoms with Crippen LogP contribution in [0.15, 0.2) is 0 Å². The van der Waals surface area contributed by atoms with Gasteiger partial charge in [0, 0.05) is 13.1 Å². The highest BCUT2D eigenvalue weighted by atomic mass is 16.4. The molecule has 0 aromatic heterocycles. The van der Waals surface area contributed by atoms with E-state index in [-0.39, 0.29) is 18.2 Å². The molecule has 2 aliphatic rings. The van der Waals surface area contributed by atoms with Crippen LogP contribution in [0.25, 0.3) is 0 Å². The first-order valence-corrected chi connectivity index (χ1v) is 7.77. The SMILES string of the molecule is CCCC1(C(=O)O)CCCN(C2CC(=O)N(CC)C2=O)C1. The molecule has 0 aliphatic carbocycles. The van der Waals surface area contributed by atoms with E-state index in [9.17, 15) is 19.5 Å². The zero-order valence-corrected chi connectivity index (χ0v) is 12.8. The molecule has 0 aromatic rings. The number of nitrogens with zero attached hydrogens (tertiary/aromatic N) is 2. The summed E-state index contributed by atoms with van der Waals surface area (Å²) in [7, 11) is 0. The Hall–Kier alpha value is -1.43. The Kier molecular flexibility index (Phi) is 4.66. The van der Waals surface area contributed by atoms with Crippen LogP contribution in [0, 0.1) is 5.41 Å². The molecule has 2 amide bonds. The zero-order chi connectivity index (χ0) is 15.6. The minimum Gasteiger partial charge on any atom is -0.481 e. The summed E-state index contributed by atoms with van der Waals surface area (Å²) in [5, 5.41) is 9.61. The van der Waals surface area contributed by atoms with Crippen molar-refractivity contribution >= 4 is 17.8 Å². The summed E-state index contributed by atoms with van der Waals surface area (Å²) in [6.07, 6.45) is 3.02. The number of hydrogen-bond acceptors (Lipinski definition) is 4. The van der Waals surface area contributed by atoms with Crippen molar-refractivity contribution in [2.45, 2.75) is 52.0 Å². The second-order valence-corrected chi connectivity index (χ2v) is 6.11. The molecular weight excluding hydrogens is 272 g/mol. The Morgan fingerprint density at radius 3 is 2.62 bits per heavy atom. The van der Waals surface area contributed by atoms with E-state index in [1.165, 1.54) is 4.90 Å². The molecular formula is C15H24N2O4. The lowest BCUT2D eigenvalue weighted by molar-refractivity contribution is -0.155. The summed E-state index contributed by atoms with van der Waals surface area (Å²) in [6, 6.07) is -0.465. The number of likely N-dealkylation sites (tertiary alicyclic amines) is 2. The first-order valence-electron chi connectivity index (χ1n) is 7.77. The van der Waals surface area contributed by atoms with E-state index in [0.29, 0.717) is 32.5 Å². The first kappa shape index (κ1) is 15.9. The average Bonchev–Trinajstić information content (AvgIpc) is 2.74. The fourth-order valence-corrected chi connectivity index (χ4v) is 3.68. The maximum absolute atomic E-state index is 12.3. The number of carbonyl (C=O) groups excluding carboxylic acids is 2. The number of carbonyl (C=O) groups is 3. The molecule has 2 unspecified atom stereocenters. The third-order valence-electron chi connectivity index (χ3n) is 4.77. The molecule has 2 atom stereocenters. The van der Waals surface area contributed by atoms with Crippen molar-refractivity contribution in [3.05, 3.63) is 0 Å². The van der Waals surface area contributed by atoms with Crippen molar-refractivity contribution in [2.24, 2.45) is 5.41 Å². The molecule has 1 N–H and O–H groups in total. The monoisotopic (exact) mass is 296 g/mol. The highest BCUT2D eigenvalue weighted by molar-refractivity contribution is 6.05. The molecule has 21 heavy (non-hydrogen) atoms. The molecule has 118 valence electrons. The standard InChI is InChI=1S/C15H24N2O4/c1-3-6-15(14(20)21)7-5-8-16(10-15)11-9-12(18)17(4-2)13(11)19/h11H,3-10H2,1-2H3,(H,20,21). The van der Waals surface area contributed by atoms with Gasteiger partial charge in [-0.2, -0.15) is 0 Å². The fraction of sp³-hybridized carbons (Fsp3) is 0.800. The van der Waals surface area contributed by atoms with Gasteiger partial charge in [0.2, 0.25) is 11.8 Å². The van der Waals surface area contributed by atoms with Gasteiger partial charge in [-0.05, 0) is 32.7 Å². The summed E-state index contributed by atoms with van der Waals surface area (Å²) in [5.74, 6) is -1.09.